The zero-order chi connectivity index (χ0) is 29.8. The second-order valence-electron chi connectivity index (χ2n) is 10.9. The molecule has 4 aromatic rings. The summed E-state index contributed by atoms with van der Waals surface area (Å²) >= 11 is 0. The van der Waals surface area contributed by atoms with Crippen LogP contribution < -0.4 is 10.6 Å². The van der Waals surface area contributed by atoms with Gasteiger partial charge in [-0.2, -0.15) is 0 Å². The molecule has 12 nitrogen and oxygen atoms in total. The number of aryl methyl sites for hydroxylation is 1. The van der Waals surface area contributed by atoms with Crippen molar-refractivity contribution in [3.05, 3.63) is 72.6 Å². The van der Waals surface area contributed by atoms with Crippen molar-refractivity contribution in [1.29, 1.82) is 0 Å². The number of nitrogens with zero attached hydrogens (tertiary/aromatic N) is 6. The monoisotopic (exact) mass is 582 g/mol. The third-order valence-electron chi connectivity index (χ3n) is 7.74. The molecule has 3 amide bonds. The van der Waals surface area contributed by atoms with Gasteiger partial charge in [0.1, 0.15) is 29.5 Å². The van der Waals surface area contributed by atoms with Crippen molar-refractivity contribution in [3.63, 3.8) is 0 Å². The molecular formula is C31H34N8O4. The predicted octanol–water partition coefficient (Wildman–Crippen LogP) is 3.52. The summed E-state index contributed by atoms with van der Waals surface area (Å²) < 4.78 is 7.43. The van der Waals surface area contributed by atoms with E-state index in [0.29, 0.717) is 30.0 Å². The van der Waals surface area contributed by atoms with E-state index >= 15 is 0 Å². The molecule has 2 N–H and O–H groups in total. The Hall–Kier alpha value is -5.00. The molecule has 12 heteroatoms. The largest absolute Gasteiger partial charge is 0.461 e. The third kappa shape index (κ3) is 6.58. The predicted molar refractivity (Wildman–Crippen MR) is 161 cm³/mol. The summed E-state index contributed by atoms with van der Waals surface area (Å²) in [6.07, 6.45) is 10.6. The fourth-order valence-corrected chi connectivity index (χ4v) is 5.48. The molecule has 43 heavy (non-hydrogen) atoms. The minimum absolute atomic E-state index is 0.0301. The number of rotatable bonds is 6. The number of imidazole rings is 1. The van der Waals surface area contributed by atoms with Crippen molar-refractivity contribution in [2.75, 3.05) is 31.5 Å². The molecule has 2 aliphatic heterocycles. The molecule has 0 saturated carbocycles. The number of carbonyl (C=O) groups is 3. The summed E-state index contributed by atoms with van der Waals surface area (Å²) in [5.74, 6) is 0.863. The van der Waals surface area contributed by atoms with Crippen LogP contribution in [0.3, 0.4) is 0 Å². The maximum atomic E-state index is 13.6. The summed E-state index contributed by atoms with van der Waals surface area (Å²) in [6.45, 7) is 3.91. The van der Waals surface area contributed by atoms with Crippen molar-refractivity contribution in [2.24, 2.45) is 4.99 Å². The van der Waals surface area contributed by atoms with Crippen LogP contribution in [0.5, 0.6) is 0 Å². The molecule has 0 aliphatic carbocycles. The average Bonchev–Trinajstić information content (AvgIpc) is 3.78. The standard InChI is InChI=1S/C31H34N8O4/c1-21-16-23-17-24(8-9-26(23)43-21)34-31(36-29(41)22-7-10-27(33-18-22)39-15-11-32-20-39)35-25-6-2-3-14-38(30(25)42)19-28(40)37-12-4-5-13-37/h7-11,15-18,20,25H,2-6,12-14,19H2,1H3,(H2,34,35,36,41). The van der Waals surface area contributed by atoms with Crippen LogP contribution in [0.15, 0.2) is 70.7 Å². The summed E-state index contributed by atoms with van der Waals surface area (Å²) in [5, 5.41) is 6.94. The van der Waals surface area contributed by atoms with E-state index in [4.69, 9.17) is 9.41 Å². The van der Waals surface area contributed by atoms with Gasteiger partial charge in [-0.15, -0.1) is 0 Å². The highest BCUT2D eigenvalue weighted by Gasteiger charge is 2.30. The van der Waals surface area contributed by atoms with Gasteiger partial charge in [0.15, 0.2) is 0 Å². The molecule has 1 aromatic carbocycles. The SMILES string of the molecule is Cc1cc2cc(NC(=NC3CCCCN(CC(=O)N4CCCC4)C3=O)NC(=O)c3ccc(-n4ccnc4)nc3)ccc2o1. The van der Waals surface area contributed by atoms with Gasteiger partial charge < -0.3 is 19.5 Å². The number of furan rings is 1. The van der Waals surface area contributed by atoms with Crippen LogP contribution in [0.4, 0.5) is 5.69 Å². The summed E-state index contributed by atoms with van der Waals surface area (Å²) in [6, 6.07) is 10.1. The summed E-state index contributed by atoms with van der Waals surface area (Å²) in [7, 11) is 0. The van der Waals surface area contributed by atoms with Crippen LogP contribution in [0.1, 0.15) is 48.2 Å². The number of guanidine groups is 1. The first-order valence-electron chi connectivity index (χ1n) is 14.6. The van der Waals surface area contributed by atoms with Crippen LogP contribution in [0.25, 0.3) is 16.8 Å². The van der Waals surface area contributed by atoms with Crippen molar-refractivity contribution >= 4 is 40.3 Å². The lowest BCUT2D eigenvalue weighted by atomic mass is 10.1. The molecule has 222 valence electrons. The first kappa shape index (κ1) is 28.1. The van der Waals surface area contributed by atoms with Gasteiger partial charge >= 0.3 is 0 Å². The maximum absolute atomic E-state index is 13.6. The fraction of sp³-hybridized carbons (Fsp3) is 0.355. The Balaban J connectivity index is 1.25. The Labute approximate surface area is 248 Å². The zero-order valence-electron chi connectivity index (χ0n) is 24.0. The van der Waals surface area contributed by atoms with Gasteiger partial charge in [-0.1, -0.05) is 0 Å². The second kappa shape index (κ2) is 12.5. The molecule has 0 radical (unpaired) electrons. The highest BCUT2D eigenvalue weighted by molar-refractivity contribution is 6.10. The smallest absolute Gasteiger partial charge is 0.259 e. The Bertz CT molecular complexity index is 1640. The Morgan fingerprint density at radius 2 is 1.91 bits per heavy atom. The number of carbonyl (C=O) groups excluding carboxylic acids is 3. The van der Waals surface area contributed by atoms with Crippen molar-refractivity contribution in [1.82, 2.24) is 29.7 Å². The van der Waals surface area contributed by atoms with Crippen LogP contribution in [-0.4, -0.2) is 80.2 Å². The number of anilines is 1. The third-order valence-corrected chi connectivity index (χ3v) is 7.74. The maximum Gasteiger partial charge on any atom is 0.259 e. The zero-order valence-corrected chi connectivity index (χ0v) is 24.0. The summed E-state index contributed by atoms with van der Waals surface area (Å²) in [4.78, 5) is 56.4. The normalized spacial score (nSPS) is 17.7. The van der Waals surface area contributed by atoms with Crippen LogP contribution in [-0.2, 0) is 9.59 Å². The average molecular weight is 583 g/mol. The number of hydrogen-bond donors (Lipinski definition) is 2. The minimum Gasteiger partial charge on any atom is -0.461 e. The van der Waals surface area contributed by atoms with Crippen LogP contribution in [0, 0.1) is 6.92 Å². The number of nitrogens with one attached hydrogen (secondary N) is 2. The molecule has 3 aromatic heterocycles. The topological polar surface area (TPSA) is 138 Å². The molecule has 6 rings (SSSR count). The molecule has 1 unspecified atom stereocenters. The fourth-order valence-electron chi connectivity index (χ4n) is 5.48. The number of likely N-dealkylation sites (tertiary alicyclic amines) is 2. The van der Waals surface area contributed by atoms with E-state index in [9.17, 15) is 14.4 Å². The lowest BCUT2D eigenvalue weighted by Crippen LogP contribution is -2.45. The van der Waals surface area contributed by atoms with Gasteiger partial charge in [-0.05, 0) is 75.4 Å². The highest BCUT2D eigenvalue weighted by Crippen LogP contribution is 2.23. The Morgan fingerprint density at radius 3 is 2.67 bits per heavy atom. The van der Waals surface area contributed by atoms with E-state index in [0.717, 1.165) is 55.5 Å². The van der Waals surface area contributed by atoms with E-state index in [1.807, 2.05) is 36.1 Å². The van der Waals surface area contributed by atoms with Gasteiger partial charge in [-0.3, -0.25) is 24.3 Å². The van der Waals surface area contributed by atoms with Crippen molar-refractivity contribution < 1.29 is 18.8 Å². The van der Waals surface area contributed by atoms with E-state index < -0.39 is 11.9 Å². The Kier molecular flexibility index (Phi) is 8.16. The molecule has 0 bridgehead atoms. The van der Waals surface area contributed by atoms with Crippen molar-refractivity contribution in [2.45, 2.75) is 45.1 Å². The van der Waals surface area contributed by atoms with Crippen LogP contribution >= 0.6 is 0 Å². The minimum atomic E-state index is -0.752. The van der Waals surface area contributed by atoms with Crippen molar-refractivity contribution in [3.8, 4) is 5.82 Å². The summed E-state index contributed by atoms with van der Waals surface area (Å²) in [5.41, 5.74) is 1.74. The van der Waals surface area contributed by atoms with E-state index in [-0.39, 0.29) is 24.3 Å². The quantitative estimate of drug-likeness (QED) is 0.262. The molecule has 2 fully saturated rings. The number of aliphatic imine (C=N–C) groups is 1. The second-order valence-corrected chi connectivity index (χ2v) is 10.9. The number of amides is 3. The van der Waals surface area contributed by atoms with Gasteiger partial charge in [0.05, 0.1) is 12.1 Å². The molecule has 2 aliphatic rings. The molecule has 0 spiro atoms. The lowest BCUT2D eigenvalue weighted by Gasteiger charge is -2.25. The Morgan fingerprint density at radius 1 is 1.07 bits per heavy atom. The number of fused-ring (bicyclic) bond motifs is 1. The van der Waals surface area contributed by atoms with Gasteiger partial charge in [0.2, 0.25) is 17.8 Å². The first-order chi connectivity index (χ1) is 20.9. The number of pyridine rings is 1. The van der Waals surface area contributed by atoms with E-state index in [2.05, 4.69) is 20.6 Å². The van der Waals surface area contributed by atoms with Gasteiger partial charge in [0.25, 0.3) is 5.91 Å². The number of hydrogen-bond acceptors (Lipinski definition) is 7. The highest BCUT2D eigenvalue weighted by atomic mass is 16.3. The molecule has 1 atom stereocenters. The lowest BCUT2D eigenvalue weighted by molar-refractivity contribution is -0.140. The van der Waals surface area contributed by atoms with E-state index in [1.165, 1.54) is 6.20 Å². The molecule has 5 heterocycles. The number of benzene rings is 1. The van der Waals surface area contributed by atoms with Gasteiger partial charge in [-0.25, -0.2) is 15.0 Å². The van der Waals surface area contributed by atoms with Crippen LogP contribution in [0.2, 0.25) is 0 Å². The molecule has 2 saturated heterocycles. The molecular weight excluding hydrogens is 548 g/mol. The van der Waals surface area contributed by atoms with Gasteiger partial charge in [0, 0.05) is 49.3 Å². The number of aromatic nitrogens is 3. The first-order valence-corrected chi connectivity index (χ1v) is 14.6. The van der Waals surface area contributed by atoms with E-state index in [1.54, 1.807) is 40.3 Å².